The van der Waals surface area contributed by atoms with E-state index in [1.807, 2.05) is 24.3 Å². The summed E-state index contributed by atoms with van der Waals surface area (Å²) in [6.45, 7) is 1.72. The van der Waals surface area contributed by atoms with Gasteiger partial charge in [-0.2, -0.15) is 0 Å². The maximum absolute atomic E-state index is 13.3. The number of urea groups is 1. The summed E-state index contributed by atoms with van der Waals surface area (Å²) in [5.74, 6) is -1.31. The largest absolute Gasteiger partial charge is 0.340 e. The predicted octanol–water partition coefficient (Wildman–Crippen LogP) is 3.40. The Bertz CT molecular complexity index is 950. The Kier molecular flexibility index (Phi) is 6.02. The van der Waals surface area contributed by atoms with Gasteiger partial charge in [-0.15, -0.1) is 0 Å². The minimum atomic E-state index is -1.30. The van der Waals surface area contributed by atoms with Crippen molar-refractivity contribution in [3.63, 3.8) is 0 Å². The molecule has 1 fully saturated rings. The number of benzene rings is 2. The van der Waals surface area contributed by atoms with E-state index in [1.54, 1.807) is 14.0 Å². The third-order valence-corrected chi connectivity index (χ3v) is 5.90. The maximum Gasteiger partial charge on any atom is 0.325 e. The van der Waals surface area contributed by atoms with Crippen LogP contribution in [0.4, 0.5) is 9.18 Å². The quantitative estimate of drug-likeness (QED) is 0.670. The van der Waals surface area contributed by atoms with Crippen molar-refractivity contribution < 1.29 is 18.8 Å². The molecule has 152 valence electrons. The van der Waals surface area contributed by atoms with Crippen LogP contribution in [0.2, 0.25) is 0 Å². The molecule has 2 aromatic carbocycles. The lowest BCUT2D eigenvalue weighted by atomic mass is 9.87. The molecular formula is C21H21BrFN3O3. The van der Waals surface area contributed by atoms with Crippen molar-refractivity contribution in [2.24, 2.45) is 0 Å². The molecule has 0 unspecified atom stereocenters. The minimum Gasteiger partial charge on any atom is -0.340 e. The molecule has 1 atom stereocenters. The van der Waals surface area contributed by atoms with E-state index in [0.29, 0.717) is 12.1 Å². The molecule has 6 nitrogen and oxygen atoms in total. The van der Waals surface area contributed by atoms with Gasteiger partial charge in [0, 0.05) is 18.1 Å². The van der Waals surface area contributed by atoms with Crippen molar-refractivity contribution in [2.45, 2.75) is 25.4 Å². The number of halogens is 2. The lowest BCUT2D eigenvalue weighted by Gasteiger charge is -2.26. The number of hydrogen-bond donors (Lipinski definition) is 1. The number of nitrogens with zero attached hydrogens (tertiary/aromatic N) is 2. The molecule has 0 saturated carbocycles. The van der Waals surface area contributed by atoms with Crippen LogP contribution < -0.4 is 5.32 Å². The second-order valence-corrected chi connectivity index (χ2v) is 7.78. The number of nitrogens with one attached hydrogen (secondary N) is 1. The number of imide groups is 1. The molecule has 1 N–H and O–H groups in total. The van der Waals surface area contributed by atoms with Crippen LogP contribution in [0.25, 0.3) is 0 Å². The lowest BCUT2D eigenvalue weighted by Crippen LogP contribution is -2.45. The highest BCUT2D eigenvalue weighted by Crippen LogP contribution is 2.32. The van der Waals surface area contributed by atoms with Gasteiger partial charge < -0.3 is 10.2 Å². The summed E-state index contributed by atoms with van der Waals surface area (Å²) >= 11 is 3.44. The van der Waals surface area contributed by atoms with E-state index in [9.17, 15) is 18.8 Å². The number of amides is 4. The van der Waals surface area contributed by atoms with Crippen LogP contribution in [-0.2, 0) is 21.7 Å². The molecule has 1 heterocycles. The van der Waals surface area contributed by atoms with Crippen molar-refractivity contribution >= 4 is 33.8 Å². The van der Waals surface area contributed by atoms with Crippen molar-refractivity contribution in [3.05, 3.63) is 69.9 Å². The number of carbonyl (C=O) groups excluding carboxylic acids is 3. The van der Waals surface area contributed by atoms with Gasteiger partial charge >= 0.3 is 6.03 Å². The van der Waals surface area contributed by atoms with E-state index in [1.165, 1.54) is 29.2 Å². The van der Waals surface area contributed by atoms with Crippen LogP contribution in [0.5, 0.6) is 0 Å². The molecule has 4 amide bonds. The lowest BCUT2D eigenvalue weighted by molar-refractivity contribution is -0.138. The Morgan fingerprint density at radius 2 is 1.83 bits per heavy atom. The Morgan fingerprint density at radius 3 is 2.45 bits per heavy atom. The standard InChI is InChI=1S/C21H21BrFN3O3/c1-3-21(15-8-10-16(23)11-9-15)19(28)26(20(29)24-21)13-18(27)25(2)12-14-6-4-5-7-17(14)22/h4-11H,3,12-13H2,1-2H3,(H,24,29)/t21-/m1/s1. The maximum atomic E-state index is 13.3. The second-order valence-electron chi connectivity index (χ2n) is 6.93. The van der Waals surface area contributed by atoms with Crippen LogP contribution in [0.15, 0.2) is 53.0 Å². The summed E-state index contributed by atoms with van der Waals surface area (Å²) < 4.78 is 14.2. The Balaban J connectivity index is 1.76. The van der Waals surface area contributed by atoms with E-state index in [2.05, 4.69) is 21.2 Å². The third-order valence-electron chi connectivity index (χ3n) is 5.13. The smallest absolute Gasteiger partial charge is 0.325 e. The zero-order chi connectivity index (χ0) is 21.2. The van der Waals surface area contributed by atoms with Gasteiger partial charge in [-0.3, -0.25) is 14.5 Å². The highest BCUT2D eigenvalue weighted by molar-refractivity contribution is 9.10. The molecule has 0 bridgehead atoms. The number of rotatable bonds is 6. The molecular weight excluding hydrogens is 441 g/mol. The van der Waals surface area contributed by atoms with Gasteiger partial charge in [0.05, 0.1) is 0 Å². The fraction of sp³-hybridized carbons (Fsp3) is 0.286. The first-order valence-corrected chi connectivity index (χ1v) is 9.95. The summed E-state index contributed by atoms with van der Waals surface area (Å²) in [4.78, 5) is 40.7. The van der Waals surface area contributed by atoms with Gasteiger partial charge in [-0.05, 0) is 35.7 Å². The number of carbonyl (C=O) groups is 3. The van der Waals surface area contributed by atoms with Crippen molar-refractivity contribution in [1.29, 1.82) is 0 Å². The van der Waals surface area contributed by atoms with Crippen molar-refractivity contribution in [2.75, 3.05) is 13.6 Å². The van der Waals surface area contributed by atoms with Crippen molar-refractivity contribution in [1.82, 2.24) is 15.1 Å². The first kappa shape index (κ1) is 21.0. The van der Waals surface area contributed by atoms with Gasteiger partial charge in [-0.25, -0.2) is 9.18 Å². The Hall–Kier alpha value is -2.74. The molecule has 0 spiro atoms. The average molecular weight is 462 g/mol. The second kappa shape index (κ2) is 8.32. The zero-order valence-corrected chi connectivity index (χ0v) is 17.7. The van der Waals surface area contributed by atoms with E-state index < -0.39 is 23.3 Å². The number of likely N-dealkylation sites (N-methyl/N-ethyl adjacent to an activating group) is 1. The van der Waals surface area contributed by atoms with Gasteiger partial charge in [0.15, 0.2) is 0 Å². The molecule has 0 radical (unpaired) electrons. The van der Waals surface area contributed by atoms with Crippen LogP contribution in [0, 0.1) is 5.82 Å². The van der Waals surface area contributed by atoms with E-state index in [4.69, 9.17) is 0 Å². The van der Waals surface area contributed by atoms with E-state index in [0.717, 1.165) is 14.9 Å². The molecule has 3 rings (SSSR count). The number of hydrogen-bond acceptors (Lipinski definition) is 3. The SMILES string of the molecule is CC[C@]1(c2ccc(F)cc2)NC(=O)N(CC(=O)N(C)Cc2ccccc2Br)C1=O. The Labute approximate surface area is 176 Å². The fourth-order valence-electron chi connectivity index (χ4n) is 3.37. The van der Waals surface area contributed by atoms with Crippen LogP contribution in [-0.4, -0.2) is 41.2 Å². The summed E-state index contributed by atoms with van der Waals surface area (Å²) in [6.07, 6.45) is 0.278. The Morgan fingerprint density at radius 1 is 1.17 bits per heavy atom. The fourth-order valence-corrected chi connectivity index (χ4v) is 3.78. The van der Waals surface area contributed by atoms with Gasteiger partial charge in [-0.1, -0.05) is 53.2 Å². The topological polar surface area (TPSA) is 69.7 Å². The third kappa shape index (κ3) is 4.03. The summed E-state index contributed by atoms with van der Waals surface area (Å²) in [7, 11) is 1.62. The highest BCUT2D eigenvalue weighted by atomic mass is 79.9. The van der Waals surface area contributed by atoms with Crippen LogP contribution in [0.3, 0.4) is 0 Å². The molecule has 29 heavy (non-hydrogen) atoms. The summed E-state index contributed by atoms with van der Waals surface area (Å²) in [6, 6.07) is 12.3. The molecule has 0 aromatic heterocycles. The van der Waals surface area contributed by atoms with Crippen LogP contribution >= 0.6 is 15.9 Å². The molecule has 2 aromatic rings. The van der Waals surface area contributed by atoms with E-state index in [-0.39, 0.29) is 18.9 Å². The average Bonchev–Trinajstić information content (AvgIpc) is 2.95. The normalized spacial score (nSPS) is 18.7. The zero-order valence-electron chi connectivity index (χ0n) is 16.1. The summed E-state index contributed by atoms with van der Waals surface area (Å²) in [5, 5.41) is 2.69. The molecule has 1 saturated heterocycles. The minimum absolute atomic E-state index is 0.278. The monoisotopic (exact) mass is 461 g/mol. The molecule has 0 aliphatic carbocycles. The molecule has 8 heteroatoms. The first-order chi connectivity index (χ1) is 13.8. The molecule has 1 aliphatic heterocycles. The highest BCUT2D eigenvalue weighted by Gasteiger charge is 2.51. The van der Waals surface area contributed by atoms with Crippen molar-refractivity contribution in [3.8, 4) is 0 Å². The first-order valence-electron chi connectivity index (χ1n) is 9.16. The predicted molar refractivity (Wildman–Crippen MR) is 109 cm³/mol. The molecule has 1 aliphatic rings. The van der Waals surface area contributed by atoms with Gasteiger partial charge in [0.25, 0.3) is 5.91 Å². The van der Waals surface area contributed by atoms with Gasteiger partial charge in [0.2, 0.25) is 5.91 Å². The van der Waals surface area contributed by atoms with Gasteiger partial charge in [0.1, 0.15) is 17.9 Å². The van der Waals surface area contributed by atoms with E-state index >= 15 is 0 Å². The summed E-state index contributed by atoms with van der Waals surface area (Å²) in [5.41, 5.74) is 0.0950. The van der Waals surface area contributed by atoms with Crippen LogP contribution in [0.1, 0.15) is 24.5 Å².